The highest BCUT2D eigenvalue weighted by molar-refractivity contribution is 5.77. The molecule has 0 aliphatic heterocycles. The highest BCUT2D eigenvalue weighted by Gasteiger charge is 2.08. The van der Waals surface area contributed by atoms with Crippen molar-refractivity contribution >= 4 is 6.29 Å². The van der Waals surface area contributed by atoms with Crippen LogP contribution in [-0.2, 0) is 0 Å². The fourth-order valence-electron chi connectivity index (χ4n) is 0.808. The van der Waals surface area contributed by atoms with E-state index in [1.807, 2.05) is 0 Å². The molecule has 0 unspecified atom stereocenters. The summed E-state index contributed by atoms with van der Waals surface area (Å²) in [6.07, 6.45) is 0.317. The third kappa shape index (κ3) is 1.37. The number of aromatic hydroxyl groups is 1. The molecule has 1 aromatic carbocycles. The van der Waals surface area contributed by atoms with E-state index in [2.05, 4.69) is 0 Å². The van der Waals surface area contributed by atoms with Gasteiger partial charge in [-0.05, 0) is 6.07 Å². The third-order valence-electron chi connectivity index (χ3n) is 1.42. The maximum atomic E-state index is 12.8. The number of methoxy groups -OCH3 is 1. The molecule has 0 bridgehead atoms. The number of phenolic OH excluding ortho intramolecular Hbond substituents is 1. The number of rotatable bonds is 2. The minimum atomic E-state index is -0.925. The van der Waals surface area contributed by atoms with Crippen molar-refractivity contribution in [1.82, 2.24) is 0 Å². The molecule has 0 aliphatic rings. The van der Waals surface area contributed by atoms with Crippen LogP contribution in [0.25, 0.3) is 0 Å². The highest BCUT2D eigenvalue weighted by atomic mass is 19.1. The Bertz CT molecular complexity index is 309. The number of phenols is 1. The van der Waals surface area contributed by atoms with E-state index in [4.69, 9.17) is 9.84 Å². The van der Waals surface area contributed by atoms with Crippen molar-refractivity contribution in [2.45, 2.75) is 0 Å². The molecule has 1 N–H and O–H groups in total. The predicted molar refractivity (Wildman–Crippen MR) is 40.0 cm³/mol. The van der Waals surface area contributed by atoms with Crippen molar-refractivity contribution in [3.8, 4) is 11.5 Å². The summed E-state index contributed by atoms with van der Waals surface area (Å²) in [5.41, 5.74) is -0.216. The second kappa shape index (κ2) is 3.21. The molecule has 0 fully saturated rings. The van der Waals surface area contributed by atoms with E-state index in [0.29, 0.717) is 6.29 Å². The maximum Gasteiger partial charge on any atom is 0.175 e. The van der Waals surface area contributed by atoms with Gasteiger partial charge in [-0.2, -0.15) is 0 Å². The summed E-state index contributed by atoms with van der Waals surface area (Å²) in [7, 11) is 1.36. The molecule has 1 rings (SSSR count). The van der Waals surface area contributed by atoms with Gasteiger partial charge in [0, 0.05) is 6.07 Å². The molecular formula is C8H7FO3. The lowest BCUT2D eigenvalue weighted by Crippen LogP contribution is -1.91. The largest absolute Gasteiger partial charge is 0.505 e. The van der Waals surface area contributed by atoms with Gasteiger partial charge >= 0.3 is 0 Å². The van der Waals surface area contributed by atoms with E-state index < -0.39 is 11.6 Å². The lowest BCUT2D eigenvalue weighted by Gasteiger charge is -2.02. The maximum absolute atomic E-state index is 12.8. The molecule has 0 spiro atoms. The molecule has 1 aromatic rings. The lowest BCUT2D eigenvalue weighted by molar-refractivity contribution is 0.111. The summed E-state index contributed by atoms with van der Waals surface area (Å²) >= 11 is 0. The van der Waals surface area contributed by atoms with Gasteiger partial charge < -0.3 is 9.84 Å². The van der Waals surface area contributed by atoms with Crippen molar-refractivity contribution in [3.63, 3.8) is 0 Å². The van der Waals surface area contributed by atoms with Crippen LogP contribution in [-0.4, -0.2) is 18.5 Å². The van der Waals surface area contributed by atoms with Gasteiger partial charge in [-0.25, -0.2) is 4.39 Å². The molecule has 0 radical (unpaired) electrons. The Morgan fingerprint density at radius 2 is 2.25 bits per heavy atom. The minimum Gasteiger partial charge on any atom is -0.505 e. The Labute approximate surface area is 68.4 Å². The average molecular weight is 170 g/mol. The molecule has 0 aliphatic carbocycles. The van der Waals surface area contributed by atoms with Crippen LogP contribution in [0.1, 0.15) is 10.4 Å². The van der Waals surface area contributed by atoms with Gasteiger partial charge in [-0.15, -0.1) is 0 Å². The zero-order valence-electron chi connectivity index (χ0n) is 6.37. The lowest BCUT2D eigenvalue weighted by atomic mass is 10.2. The van der Waals surface area contributed by atoms with Gasteiger partial charge in [0.15, 0.2) is 17.9 Å². The van der Waals surface area contributed by atoms with Gasteiger partial charge in [-0.3, -0.25) is 4.79 Å². The van der Waals surface area contributed by atoms with E-state index in [1.165, 1.54) is 13.2 Å². The monoisotopic (exact) mass is 170 g/mol. The first-order valence-electron chi connectivity index (χ1n) is 3.20. The zero-order valence-corrected chi connectivity index (χ0v) is 6.37. The van der Waals surface area contributed by atoms with Gasteiger partial charge in [-0.1, -0.05) is 0 Å². The smallest absolute Gasteiger partial charge is 0.175 e. The third-order valence-corrected chi connectivity index (χ3v) is 1.42. The number of aldehydes is 1. The fraction of sp³-hybridized carbons (Fsp3) is 0.125. The number of hydrogen-bond donors (Lipinski definition) is 1. The first-order chi connectivity index (χ1) is 5.69. The molecule has 0 aromatic heterocycles. The van der Waals surface area contributed by atoms with Crippen molar-refractivity contribution in [3.05, 3.63) is 23.5 Å². The van der Waals surface area contributed by atoms with Gasteiger partial charge in [0.05, 0.1) is 12.7 Å². The van der Waals surface area contributed by atoms with Crippen LogP contribution in [0, 0.1) is 5.82 Å². The zero-order chi connectivity index (χ0) is 9.14. The summed E-state index contributed by atoms with van der Waals surface area (Å²) in [4.78, 5) is 10.2. The van der Waals surface area contributed by atoms with Crippen molar-refractivity contribution in [2.75, 3.05) is 7.11 Å². The molecule has 0 amide bonds. The van der Waals surface area contributed by atoms with Crippen molar-refractivity contribution in [2.24, 2.45) is 0 Å². The molecule has 0 atom stereocenters. The molecule has 0 heterocycles. The quantitative estimate of drug-likeness (QED) is 0.681. The minimum absolute atomic E-state index is 0.216. The Morgan fingerprint density at radius 1 is 1.58 bits per heavy atom. The molecule has 64 valence electrons. The standard InChI is InChI=1S/C8H7FO3/c1-12-6-2-5(4-10)8(9)7(11)3-6/h2-4,11H,1H3. The first-order valence-corrected chi connectivity index (χ1v) is 3.20. The van der Waals surface area contributed by atoms with E-state index >= 15 is 0 Å². The number of benzene rings is 1. The molecule has 4 heteroatoms. The Balaban J connectivity index is 3.28. The van der Waals surface area contributed by atoms with Crippen molar-refractivity contribution in [1.29, 1.82) is 0 Å². The number of carbonyl (C=O) groups is 1. The second-order valence-corrected chi connectivity index (χ2v) is 2.17. The number of carbonyl (C=O) groups excluding carboxylic acids is 1. The fourth-order valence-corrected chi connectivity index (χ4v) is 0.808. The van der Waals surface area contributed by atoms with Gasteiger partial charge in [0.1, 0.15) is 5.75 Å². The van der Waals surface area contributed by atoms with Gasteiger partial charge in [0.25, 0.3) is 0 Å². The highest BCUT2D eigenvalue weighted by Crippen LogP contribution is 2.24. The molecular weight excluding hydrogens is 163 g/mol. The first kappa shape index (κ1) is 8.52. The summed E-state index contributed by atoms with van der Waals surface area (Å²) in [6.45, 7) is 0. The average Bonchev–Trinajstić information content (AvgIpc) is 2.09. The van der Waals surface area contributed by atoms with Crippen molar-refractivity contribution < 1.29 is 19.0 Å². The number of halogens is 1. The molecule has 12 heavy (non-hydrogen) atoms. The van der Waals surface area contributed by atoms with Crippen LogP contribution < -0.4 is 4.74 Å². The van der Waals surface area contributed by atoms with Crippen LogP contribution in [0.3, 0.4) is 0 Å². The summed E-state index contributed by atoms with van der Waals surface area (Å²) < 4.78 is 17.5. The molecule has 3 nitrogen and oxygen atoms in total. The van der Waals surface area contributed by atoms with E-state index in [9.17, 15) is 9.18 Å². The summed E-state index contributed by atoms with van der Waals surface area (Å²) in [5, 5.41) is 8.93. The van der Waals surface area contributed by atoms with E-state index in [0.717, 1.165) is 6.07 Å². The number of hydrogen-bond acceptors (Lipinski definition) is 3. The van der Waals surface area contributed by atoms with E-state index in [1.54, 1.807) is 0 Å². The topological polar surface area (TPSA) is 46.5 Å². The second-order valence-electron chi connectivity index (χ2n) is 2.17. The van der Waals surface area contributed by atoms with Gasteiger partial charge in [0.2, 0.25) is 0 Å². The van der Waals surface area contributed by atoms with Crippen LogP contribution >= 0.6 is 0 Å². The van der Waals surface area contributed by atoms with E-state index in [-0.39, 0.29) is 11.3 Å². The SMILES string of the molecule is COc1cc(O)c(F)c(C=O)c1. The molecule has 0 saturated carbocycles. The Kier molecular flexibility index (Phi) is 2.28. The van der Waals surface area contributed by atoms with Crippen LogP contribution in [0.5, 0.6) is 11.5 Å². The predicted octanol–water partition coefficient (Wildman–Crippen LogP) is 1.35. The summed E-state index contributed by atoms with van der Waals surface area (Å²) in [6, 6.07) is 2.31. The summed E-state index contributed by atoms with van der Waals surface area (Å²) in [5.74, 6) is -1.27. The van der Waals surface area contributed by atoms with Crippen LogP contribution in [0.2, 0.25) is 0 Å². The van der Waals surface area contributed by atoms with Crippen LogP contribution in [0.4, 0.5) is 4.39 Å². The Hall–Kier alpha value is -1.58. The normalized spacial score (nSPS) is 9.50. The Morgan fingerprint density at radius 3 is 2.75 bits per heavy atom. The molecule has 0 saturated heterocycles. The van der Waals surface area contributed by atoms with Crippen LogP contribution in [0.15, 0.2) is 12.1 Å². The number of ether oxygens (including phenoxy) is 1.